The lowest BCUT2D eigenvalue weighted by atomic mass is 10.0. The summed E-state index contributed by atoms with van der Waals surface area (Å²) in [4.78, 5) is 14.4. The predicted octanol–water partition coefficient (Wildman–Crippen LogP) is 1.80. The molecule has 0 bridgehead atoms. The predicted molar refractivity (Wildman–Crippen MR) is 81.9 cm³/mol. The zero-order chi connectivity index (χ0) is 17.1. The van der Waals surface area contributed by atoms with Gasteiger partial charge in [-0.15, -0.1) is 0 Å². The first kappa shape index (κ1) is 16.5. The second kappa shape index (κ2) is 7.02. The molecule has 0 radical (unpaired) electrons. The molecule has 1 aromatic carbocycles. The molecule has 8 heteroatoms. The highest BCUT2D eigenvalue weighted by Crippen LogP contribution is 2.30. The Balaban J connectivity index is 1.78. The lowest BCUT2D eigenvalue weighted by molar-refractivity contribution is -0.384. The van der Waals surface area contributed by atoms with Gasteiger partial charge in [0.15, 0.2) is 0 Å². The van der Waals surface area contributed by atoms with Gasteiger partial charge >= 0.3 is 0 Å². The van der Waals surface area contributed by atoms with Gasteiger partial charge in [0.05, 0.1) is 29.5 Å². The fourth-order valence-electron chi connectivity index (χ4n) is 2.43. The van der Waals surface area contributed by atoms with Gasteiger partial charge in [-0.3, -0.25) is 10.1 Å². The summed E-state index contributed by atoms with van der Waals surface area (Å²) >= 11 is 0. The number of ether oxygens (including phenoxy) is 2. The number of nitro groups is 1. The molecule has 8 nitrogen and oxygen atoms in total. The van der Waals surface area contributed by atoms with Crippen LogP contribution in [-0.4, -0.2) is 33.3 Å². The Labute approximate surface area is 137 Å². The van der Waals surface area contributed by atoms with Crippen molar-refractivity contribution in [2.75, 3.05) is 13.2 Å². The zero-order valence-electron chi connectivity index (χ0n) is 12.6. The summed E-state index contributed by atoms with van der Waals surface area (Å²) in [6.45, 7) is 0.953. The van der Waals surface area contributed by atoms with Crippen LogP contribution < -0.4 is 0 Å². The highest BCUT2D eigenvalue weighted by molar-refractivity contribution is 5.34. The lowest BCUT2D eigenvalue weighted by Crippen LogP contribution is -2.13. The van der Waals surface area contributed by atoms with E-state index >= 15 is 0 Å². The van der Waals surface area contributed by atoms with Crippen LogP contribution in [0.15, 0.2) is 42.5 Å². The molecule has 2 heterocycles. The fourth-order valence-corrected chi connectivity index (χ4v) is 2.43. The summed E-state index contributed by atoms with van der Waals surface area (Å²) < 4.78 is 10.7. The second-order valence-electron chi connectivity index (χ2n) is 5.30. The summed E-state index contributed by atoms with van der Waals surface area (Å²) in [5.41, 5.74) is 1.04. The Morgan fingerprint density at radius 3 is 2.38 bits per heavy atom. The van der Waals surface area contributed by atoms with Gasteiger partial charge < -0.3 is 19.7 Å². The van der Waals surface area contributed by atoms with Gasteiger partial charge in [0, 0.05) is 12.1 Å². The summed E-state index contributed by atoms with van der Waals surface area (Å²) in [6, 6.07) is 10.3. The summed E-state index contributed by atoms with van der Waals surface area (Å²) in [5, 5.41) is 31.3. The van der Waals surface area contributed by atoms with Gasteiger partial charge in [-0.1, -0.05) is 6.07 Å². The van der Waals surface area contributed by atoms with Crippen molar-refractivity contribution >= 4 is 5.69 Å². The van der Waals surface area contributed by atoms with Crippen LogP contribution in [0.5, 0.6) is 0 Å². The summed E-state index contributed by atoms with van der Waals surface area (Å²) in [5.74, 6) is 0. The SMILES string of the molecule is O=[N+]([O-])c1ccc(C(O)C(O)c2cccc(C3OCCO3)n2)cc1. The smallest absolute Gasteiger partial charge is 0.269 e. The average Bonchev–Trinajstić information content (AvgIpc) is 3.15. The number of hydrogen-bond donors (Lipinski definition) is 2. The van der Waals surface area contributed by atoms with Crippen LogP contribution in [0.3, 0.4) is 0 Å². The van der Waals surface area contributed by atoms with Crippen LogP contribution in [0.4, 0.5) is 5.69 Å². The molecule has 1 aliphatic rings. The van der Waals surface area contributed by atoms with Gasteiger partial charge in [0.2, 0.25) is 6.29 Å². The standard InChI is InChI=1S/C16H16N2O6/c19-14(10-4-6-11(7-5-10)18(21)22)15(20)12-2-1-3-13(17-12)16-23-8-9-24-16/h1-7,14-16,19-20H,8-9H2. The largest absolute Gasteiger partial charge is 0.385 e. The van der Waals surface area contributed by atoms with Gasteiger partial charge in [-0.2, -0.15) is 0 Å². The zero-order valence-corrected chi connectivity index (χ0v) is 12.6. The molecule has 0 aliphatic carbocycles. The van der Waals surface area contributed by atoms with Gasteiger partial charge in [-0.25, -0.2) is 4.98 Å². The molecule has 2 aromatic rings. The molecule has 2 unspecified atom stereocenters. The lowest BCUT2D eigenvalue weighted by Gasteiger charge is -2.19. The van der Waals surface area contributed by atoms with Gasteiger partial charge in [-0.05, 0) is 29.8 Å². The van der Waals surface area contributed by atoms with E-state index in [9.17, 15) is 20.3 Å². The van der Waals surface area contributed by atoms with Crippen molar-refractivity contribution in [3.63, 3.8) is 0 Å². The number of rotatable bonds is 5. The summed E-state index contributed by atoms with van der Waals surface area (Å²) in [7, 11) is 0. The van der Waals surface area contributed by atoms with Crippen LogP contribution >= 0.6 is 0 Å². The molecule has 3 rings (SSSR count). The third-order valence-corrected chi connectivity index (χ3v) is 3.70. The number of nitrogens with zero attached hydrogens (tertiary/aromatic N) is 2. The van der Waals surface area contributed by atoms with Crippen molar-refractivity contribution in [1.29, 1.82) is 0 Å². The van der Waals surface area contributed by atoms with Crippen molar-refractivity contribution in [2.45, 2.75) is 18.5 Å². The van der Waals surface area contributed by atoms with E-state index in [0.717, 1.165) is 0 Å². The minimum atomic E-state index is -1.28. The van der Waals surface area contributed by atoms with E-state index in [0.29, 0.717) is 24.5 Å². The second-order valence-corrected chi connectivity index (χ2v) is 5.30. The third-order valence-electron chi connectivity index (χ3n) is 3.70. The molecule has 2 atom stereocenters. The van der Waals surface area contributed by atoms with Crippen molar-refractivity contribution < 1.29 is 24.6 Å². The molecule has 126 valence electrons. The van der Waals surface area contributed by atoms with Crippen LogP contribution in [0.1, 0.15) is 35.4 Å². The monoisotopic (exact) mass is 332 g/mol. The molecule has 24 heavy (non-hydrogen) atoms. The minimum absolute atomic E-state index is 0.0870. The van der Waals surface area contributed by atoms with Crippen LogP contribution in [-0.2, 0) is 9.47 Å². The van der Waals surface area contributed by atoms with E-state index in [-0.39, 0.29) is 11.4 Å². The molecule has 1 saturated heterocycles. The molecule has 1 aliphatic heterocycles. The fraction of sp³-hybridized carbons (Fsp3) is 0.312. The van der Waals surface area contributed by atoms with E-state index in [1.165, 1.54) is 24.3 Å². The number of pyridine rings is 1. The van der Waals surface area contributed by atoms with E-state index in [1.54, 1.807) is 18.2 Å². The van der Waals surface area contributed by atoms with E-state index in [2.05, 4.69) is 4.98 Å². The van der Waals surface area contributed by atoms with Gasteiger partial charge in [0.25, 0.3) is 5.69 Å². The van der Waals surface area contributed by atoms with Crippen molar-refractivity contribution in [3.05, 3.63) is 69.5 Å². The Hall–Kier alpha value is -2.39. The molecule has 0 saturated carbocycles. The Morgan fingerprint density at radius 1 is 1.08 bits per heavy atom. The highest BCUT2D eigenvalue weighted by Gasteiger charge is 2.25. The average molecular weight is 332 g/mol. The van der Waals surface area contributed by atoms with Crippen LogP contribution in [0, 0.1) is 10.1 Å². The maximum atomic E-state index is 10.7. The molecule has 1 fully saturated rings. The third kappa shape index (κ3) is 3.41. The number of nitro benzene ring substituents is 1. The maximum absolute atomic E-state index is 10.7. The quantitative estimate of drug-likeness (QED) is 0.633. The maximum Gasteiger partial charge on any atom is 0.269 e. The Kier molecular flexibility index (Phi) is 4.81. The molecular formula is C16H16N2O6. The number of hydrogen-bond acceptors (Lipinski definition) is 7. The van der Waals surface area contributed by atoms with E-state index in [1.807, 2.05) is 0 Å². The Bertz CT molecular complexity index is 715. The first-order valence-corrected chi connectivity index (χ1v) is 7.37. The van der Waals surface area contributed by atoms with E-state index < -0.39 is 23.4 Å². The Morgan fingerprint density at radius 2 is 1.75 bits per heavy atom. The molecular weight excluding hydrogens is 316 g/mol. The van der Waals surface area contributed by atoms with Crippen LogP contribution in [0.25, 0.3) is 0 Å². The molecule has 1 aromatic heterocycles. The number of non-ortho nitro benzene ring substituents is 1. The summed E-state index contributed by atoms with van der Waals surface area (Å²) in [6.07, 6.45) is -3.12. The molecule has 0 spiro atoms. The van der Waals surface area contributed by atoms with Crippen molar-refractivity contribution in [1.82, 2.24) is 4.98 Å². The number of aliphatic hydroxyl groups excluding tert-OH is 2. The number of aliphatic hydroxyl groups is 2. The number of aromatic nitrogens is 1. The van der Waals surface area contributed by atoms with Gasteiger partial charge in [0.1, 0.15) is 12.2 Å². The normalized spacial score (nSPS) is 17.6. The van der Waals surface area contributed by atoms with Crippen molar-refractivity contribution in [3.8, 4) is 0 Å². The topological polar surface area (TPSA) is 115 Å². The molecule has 2 N–H and O–H groups in total. The minimum Gasteiger partial charge on any atom is -0.385 e. The van der Waals surface area contributed by atoms with E-state index in [4.69, 9.17) is 9.47 Å². The first-order valence-electron chi connectivity index (χ1n) is 7.37. The van der Waals surface area contributed by atoms with Crippen LogP contribution in [0.2, 0.25) is 0 Å². The molecule has 0 amide bonds. The van der Waals surface area contributed by atoms with Crippen molar-refractivity contribution in [2.24, 2.45) is 0 Å². The highest BCUT2D eigenvalue weighted by atomic mass is 16.7. The first-order chi connectivity index (χ1) is 11.6. The number of benzene rings is 1.